The molecule has 0 N–H and O–H groups in total. The minimum atomic E-state index is -0.757. The molecule has 2 heterocycles. The number of nitrogens with zero attached hydrogens (tertiary/aromatic N) is 2. The van der Waals surface area contributed by atoms with Crippen molar-refractivity contribution < 1.29 is 18.6 Å². The molecule has 0 spiro atoms. The predicted octanol–water partition coefficient (Wildman–Crippen LogP) is 4.29. The number of hydrogen-bond acceptors (Lipinski definition) is 4. The fourth-order valence-electron chi connectivity index (χ4n) is 3.63. The summed E-state index contributed by atoms with van der Waals surface area (Å²) < 4.78 is 33.6. The van der Waals surface area contributed by atoms with Gasteiger partial charge in [-0.3, -0.25) is 0 Å². The second-order valence-corrected chi connectivity index (χ2v) is 7.82. The van der Waals surface area contributed by atoms with Gasteiger partial charge in [-0.25, -0.2) is 9.37 Å². The second kappa shape index (κ2) is 9.51. The Balaban J connectivity index is 1.35. The van der Waals surface area contributed by atoms with Crippen LogP contribution in [0.3, 0.4) is 0 Å². The van der Waals surface area contributed by atoms with Gasteiger partial charge < -0.3 is 18.8 Å². The standard InChI is InChI=1S/C24H27FN2O3/c1-19-2-4-21(5-3-19)14-28-15-23-16-29-24(30-23,17-27-13-12-26-18-27)11-10-20-6-8-22(25)9-7-20/h2-9,12-13,18,23H,10-11,14-17H2,1H3. The van der Waals surface area contributed by atoms with Gasteiger partial charge in [0.15, 0.2) is 5.79 Å². The Hall–Kier alpha value is -2.54. The van der Waals surface area contributed by atoms with Crippen molar-refractivity contribution in [2.24, 2.45) is 0 Å². The molecule has 1 fully saturated rings. The van der Waals surface area contributed by atoms with E-state index in [9.17, 15) is 4.39 Å². The van der Waals surface area contributed by atoms with Gasteiger partial charge in [0.1, 0.15) is 11.9 Å². The summed E-state index contributed by atoms with van der Waals surface area (Å²) in [6.45, 7) is 4.11. The van der Waals surface area contributed by atoms with E-state index in [2.05, 4.69) is 36.2 Å². The summed E-state index contributed by atoms with van der Waals surface area (Å²) in [5.41, 5.74) is 3.42. The van der Waals surface area contributed by atoms with Gasteiger partial charge in [-0.1, -0.05) is 42.0 Å². The minimum Gasteiger partial charge on any atom is -0.374 e. The molecule has 3 aromatic rings. The average molecular weight is 410 g/mol. The lowest BCUT2D eigenvalue weighted by Crippen LogP contribution is -2.37. The monoisotopic (exact) mass is 410 g/mol. The van der Waals surface area contributed by atoms with Crippen LogP contribution >= 0.6 is 0 Å². The van der Waals surface area contributed by atoms with Gasteiger partial charge in [-0.05, 0) is 36.6 Å². The number of aromatic nitrogens is 2. The summed E-state index contributed by atoms with van der Waals surface area (Å²) >= 11 is 0. The van der Waals surface area contributed by atoms with E-state index in [-0.39, 0.29) is 11.9 Å². The van der Waals surface area contributed by atoms with Crippen LogP contribution in [0.4, 0.5) is 4.39 Å². The van der Waals surface area contributed by atoms with Gasteiger partial charge in [0, 0.05) is 18.8 Å². The molecule has 2 aromatic carbocycles. The Bertz CT molecular complexity index is 913. The fourth-order valence-corrected chi connectivity index (χ4v) is 3.63. The number of halogens is 1. The maximum absolute atomic E-state index is 13.2. The molecule has 158 valence electrons. The molecule has 0 amide bonds. The van der Waals surface area contributed by atoms with Crippen LogP contribution in [0, 0.1) is 12.7 Å². The minimum absolute atomic E-state index is 0.132. The molecule has 1 aliphatic heterocycles. The lowest BCUT2D eigenvalue weighted by atomic mass is 10.0. The van der Waals surface area contributed by atoms with Gasteiger partial charge in [0.05, 0.1) is 32.7 Å². The van der Waals surface area contributed by atoms with E-state index < -0.39 is 5.79 Å². The first-order chi connectivity index (χ1) is 14.6. The van der Waals surface area contributed by atoms with Crippen molar-refractivity contribution >= 4 is 0 Å². The van der Waals surface area contributed by atoms with Crippen LogP contribution in [-0.4, -0.2) is 34.7 Å². The van der Waals surface area contributed by atoms with Crippen LogP contribution in [0.15, 0.2) is 67.3 Å². The number of rotatable bonds is 9. The fraction of sp³-hybridized carbons (Fsp3) is 0.375. The highest BCUT2D eigenvalue weighted by atomic mass is 19.1. The molecule has 4 rings (SSSR count). The second-order valence-electron chi connectivity index (χ2n) is 7.82. The largest absolute Gasteiger partial charge is 0.374 e. The number of ether oxygens (including phenoxy) is 3. The Labute approximate surface area is 176 Å². The number of benzene rings is 2. The summed E-state index contributed by atoms with van der Waals surface area (Å²) in [7, 11) is 0. The zero-order chi connectivity index (χ0) is 20.8. The zero-order valence-electron chi connectivity index (χ0n) is 17.2. The summed E-state index contributed by atoms with van der Waals surface area (Å²) in [5.74, 6) is -0.987. The number of imidazole rings is 1. The third kappa shape index (κ3) is 5.53. The van der Waals surface area contributed by atoms with E-state index in [1.165, 1.54) is 17.7 Å². The first kappa shape index (κ1) is 20.7. The van der Waals surface area contributed by atoms with Gasteiger partial charge >= 0.3 is 0 Å². The highest BCUT2D eigenvalue weighted by Gasteiger charge is 2.41. The molecule has 2 atom stereocenters. The summed E-state index contributed by atoms with van der Waals surface area (Å²) in [4.78, 5) is 4.12. The Morgan fingerprint density at radius 2 is 1.90 bits per heavy atom. The molecule has 1 aliphatic rings. The third-order valence-electron chi connectivity index (χ3n) is 5.30. The Morgan fingerprint density at radius 1 is 1.13 bits per heavy atom. The van der Waals surface area contributed by atoms with Crippen LogP contribution in [-0.2, 0) is 33.8 Å². The Morgan fingerprint density at radius 3 is 2.63 bits per heavy atom. The van der Waals surface area contributed by atoms with Crippen molar-refractivity contribution in [3.05, 3.63) is 89.8 Å². The van der Waals surface area contributed by atoms with Gasteiger partial charge in [-0.2, -0.15) is 0 Å². The van der Waals surface area contributed by atoms with Gasteiger partial charge in [-0.15, -0.1) is 0 Å². The molecule has 1 saturated heterocycles. The van der Waals surface area contributed by atoms with Crippen LogP contribution in [0.25, 0.3) is 0 Å². The van der Waals surface area contributed by atoms with Crippen LogP contribution in [0.2, 0.25) is 0 Å². The third-order valence-corrected chi connectivity index (χ3v) is 5.30. The van der Waals surface area contributed by atoms with E-state index >= 15 is 0 Å². The van der Waals surface area contributed by atoms with E-state index in [4.69, 9.17) is 14.2 Å². The van der Waals surface area contributed by atoms with E-state index in [1.807, 2.05) is 10.8 Å². The van der Waals surface area contributed by atoms with Crippen LogP contribution < -0.4 is 0 Å². The van der Waals surface area contributed by atoms with Gasteiger partial charge in [0.25, 0.3) is 0 Å². The normalized spacial score (nSPS) is 21.2. The quantitative estimate of drug-likeness (QED) is 0.528. The van der Waals surface area contributed by atoms with E-state index in [1.54, 1.807) is 24.7 Å². The Kier molecular flexibility index (Phi) is 6.57. The average Bonchev–Trinajstić information content (AvgIpc) is 3.40. The van der Waals surface area contributed by atoms with Crippen molar-refractivity contribution in [1.29, 1.82) is 0 Å². The molecule has 30 heavy (non-hydrogen) atoms. The molecular formula is C24H27FN2O3. The maximum atomic E-state index is 13.2. The van der Waals surface area contributed by atoms with Crippen molar-refractivity contribution in [2.75, 3.05) is 13.2 Å². The number of aryl methyl sites for hydroxylation is 2. The lowest BCUT2D eigenvalue weighted by Gasteiger charge is -2.28. The highest BCUT2D eigenvalue weighted by Crippen LogP contribution is 2.31. The summed E-state index contributed by atoms with van der Waals surface area (Å²) in [5, 5.41) is 0. The summed E-state index contributed by atoms with van der Waals surface area (Å²) in [6.07, 6.45) is 6.65. The van der Waals surface area contributed by atoms with E-state index in [0.29, 0.717) is 32.8 Å². The highest BCUT2D eigenvalue weighted by molar-refractivity contribution is 5.20. The molecule has 0 saturated carbocycles. The van der Waals surface area contributed by atoms with Crippen molar-refractivity contribution in [1.82, 2.24) is 9.55 Å². The topological polar surface area (TPSA) is 45.5 Å². The molecule has 1 aromatic heterocycles. The zero-order valence-corrected chi connectivity index (χ0v) is 17.2. The van der Waals surface area contributed by atoms with Crippen molar-refractivity contribution in [3.8, 4) is 0 Å². The molecule has 2 unspecified atom stereocenters. The first-order valence-electron chi connectivity index (χ1n) is 10.3. The van der Waals surface area contributed by atoms with Crippen molar-refractivity contribution in [2.45, 2.75) is 44.8 Å². The molecule has 0 aliphatic carbocycles. The van der Waals surface area contributed by atoms with Crippen LogP contribution in [0.5, 0.6) is 0 Å². The predicted molar refractivity (Wildman–Crippen MR) is 111 cm³/mol. The molecule has 5 nitrogen and oxygen atoms in total. The van der Waals surface area contributed by atoms with E-state index in [0.717, 1.165) is 17.5 Å². The maximum Gasteiger partial charge on any atom is 0.187 e. The summed E-state index contributed by atoms with van der Waals surface area (Å²) in [6, 6.07) is 14.9. The van der Waals surface area contributed by atoms with Crippen LogP contribution in [0.1, 0.15) is 23.1 Å². The molecular weight excluding hydrogens is 383 g/mol. The number of hydrogen-bond donors (Lipinski definition) is 0. The SMILES string of the molecule is Cc1ccc(COCC2COC(CCc3ccc(F)cc3)(Cn3ccnc3)O2)cc1. The molecule has 0 radical (unpaired) electrons. The first-order valence-corrected chi connectivity index (χ1v) is 10.3. The molecule has 6 heteroatoms. The lowest BCUT2D eigenvalue weighted by molar-refractivity contribution is -0.187. The van der Waals surface area contributed by atoms with Gasteiger partial charge in [0.2, 0.25) is 0 Å². The van der Waals surface area contributed by atoms with Crippen molar-refractivity contribution in [3.63, 3.8) is 0 Å². The smallest absolute Gasteiger partial charge is 0.187 e. The molecule has 0 bridgehead atoms.